The van der Waals surface area contributed by atoms with Crippen molar-refractivity contribution in [1.29, 1.82) is 0 Å². The molecular formula is C43H48N3O9P. The highest BCUT2D eigenvalue weighted by atomic mass is 31.2. The zero-order chi connectivity index (χ0) is 39.8. The monoisotopic (exact) mass is 781 g/mol. The molecular weight excluding hydrogens is 733 g/mol. The molecule has 294 valence electrons. The second-order valence-corrected chi connectivity index (χ2v) is 15.2. The molecule has 0 fully saturated rings. The summed E-state index contributed by atoms with van der Waals surface area (Å²) in [6.45, 7) is 3.56. The van der Waals surface area contributed by atoms with Crippen molar-refractivity contribution in [2.45, 2.75) is 64.4 Å². The number of hydrogen-bond acceptors (Lipinski definition) is 9. The van der Waals surface area contributed by atoms with E-state index >= 15 is 0 Å². The van der Waals surface area contributed by atoms with E-state index in [1.165, 1.54) is 4.57 Å². The molecule has 13 heteroatoms. The number of carbonyl (C=O) groups is 4. The van der Waals surface area contributed by atoms with Gasteiger partial charge in [-0.05, 0) is 61.4 Å². The number of nitrogens with zero attached hydrogens (tertiary/aromatic N) is 1. The van der Waals surface area contributed by atoms with E-state index in [9.17, 15) is 23.7 Å². The maximum absolute atomic E-state index is 14.1. The molecule has 5 aromatic rings. The third kappa shape index (κ3) is 11.7. The lowest BCUT2D eigenvalue weighted by Gasteiger charge is -2.27. The number of amides is 2. The van der Waals surface area contributed by atoms with Crippen LogP contribution in [0.25, 0.3) is 10.9 Å². The van der Waals surface area contributed by atoms with Crippen LogP contribution in [0, 0.1) is 0 Å². The van der Waals surface area contributed by atoms with Gasteiger partial charge in [0, 0.05) is 18.1 Å². The van der Waals surface area contributed by atoms with Crippen LogP contribution in [0.15, 0.2) is 121 Å². The number of aryl methyl sites for hydroxylation is 1. The predicted octanol–water partition coefficient (Wildman–Crippen LogP) is 7.37. The molecule has 2 unspecified atom stereocenters. The van der Waals surface area contributed by atoms with Crippen molar-refractivity contribution in [3.63, 3.8) is 0 Å². The summed E-state index contributed by atoms with van der Waals surface area (Å²) < 4.78 is 37.8. The summed E-state index contributed by atoms with van der Waals surface area (Å²) in [5, 5.41) is 6.32. The van der Waals surface area contributed by atoms with Gasteiger partial charge in [0.05, 0.1) is 25.2 Å². The van der Waals surface area contributed by atoms with Gasteiger partial charge in [0.25, 0.3) is 0 Å². The van der Waals surface area contributed by atoms with E-state index in [4.69, 9.17) is 18.5 Å². The van der Waals surface area contributed by atoms with Crippen LogP contribution in [0.4, 0.5) is 4.79 Å². The second-order valence-electron chi connectivity index (χ2n) is 12.9. The van der Waals surface area contributed by atoms with Crippen LogP contribution < -0.4 is 10.6 Å². The number of nitrogens with one attached hydrogen (secondary N) is 2. The fraction of sp³-hybridized carbons (Fsp3) is 0.302. The van der Waals surface area contributed by atoms with Crippen molar-refractivity contribution < 1.29 is 42.3 Å². The van der Waals surface area contributed by atoms with Crippen molar-refractivity contribution >= 4 is 42.4 Å². The molecule has 1 heterocycles. The quantitative estimate of drug-likeness (QED) is 0.0609. The van der Waals surface area contributed by atoms with Gasteiger partial charge in [-0.2, -0.15) is 0 Å². The molecule has 0 bridgehead atoms. The maximum atomic E-state index is 14.1. The molecule has 5 rings (SSSR count). The Labute approximate surface area is 327 Å². The molecule has 4 aromatic carbocycles. The Hall–Kier alpha value is -5.55. The number of benzene rings is 4. The molecule has 2 atom stereocenters. The number of esters is 1. The number of rotatable bonds is 20. The Morgan fingerprint density at radius 2 is 1.23 bits per heavy atom. The lowest BCUT2D eigenvalue weighted by atomic mass is 10.1. The third-order valence-corrected chi connectivity index (χ3v) is 11.5. The van der Waals surface area contributed by atoms with Crippen molar-refractivity contribution in [1.82, 2.24) is 15.2 Å². The fourth-order valence-electron chi connectivity index (χ4n) is 6.23. The number of carbonyl (C=O) groups excluding carboxylic acids is 4. The minimum absolute atomic E-state index is 0.0244. The van der Waals surface area contributed by atoms with Crippen molar-refractivity contribution in [3.05, 3.63) is 144 Å². The van der Waals surface area contributed by atoms with E-state index in [0.29, 0.717) is 18.4 Å². The second kappa shape index (κ2) is 20.9. The molecule has 0 spiro atoms. The van der Waals surface area contributed by atoms with Gasteiger partial charge in [-0.15, -0.1) is 0 Å². The van der Waals surface area contributed by atoms with Crippen LogP contribution in [0.5, 0.6) is 0 Å². The standard InChI is InChI=1S/C43H48N3O9P/c1-3-54-56(51,55-4-2)39(25-24-32-16-8-5-9-17-32)42(49)45-37(28-40(47)52-30-33-18-10-6-11-19-33)41(48)44-27-26-35-29-46(38-23-15-14-22-36(35)38)43(50)53-31-34-20-12-7-13-21-34/h5-23,29,37,39H,3-4,24-28,30-31H2,1-2H3,(H,44,48)(H,45,49). The maximum Gasteiger partial charge on any atom is 0.418 e. The zero-order valence-electron chi connectivity index (χ0n) is 31.6. The Bertz CT molecular complexity index is 2080. The first kappa shape index (κ1) is 41.6. The summed E-state index contributed by atoms with van der Waals surface area (Å²) >= 11 is 0. The highest BCUT2D eigenvalue weighted by Gasteiger charge is 2.42. The van der Waals surface area contributed by atoms with Gasteiger partial charge in [-0.1, -0.05) is 109 Å². The molecule has 0 saturated carbocycles. The minimum atomic E-state index is -4.01. The zero-order valence-corrected chi connectivity index (χ0v) is 32.5. The lowest BCUT2D eigenvalue weighted by Crippen LogP contribution is -2.51. The molecule has 0 aliphatic carbocycles. The highest BCUT2D eigenvalue weighted by molar-refractivity contribution is 7.55. The number of aromatic nitrogens is 1. The number of fused-ring (bicyclic) bond motifs is 1. The van der Waals surface area contributed by atoms with Crippen LogP contribution >= 0.6 is 7.60 Å². The van der Waals surface area contributed by atoms with Crippen molar-refractivity contribution in [2.75, 3.05) is 19.8 Å². The van der Waals surface area contributed by atoms with Crippen LogP contribution in [0.1, 0.15) is 48.9 Å². The van der Waals surface area contributed by atoms with Crippen LogP contribution in [0.3, 0.4) is 0 Å². The average Bonchev–Trinajstić information content (AvgIpc) is 3.59. The largest absolute Gasteiger partial charge is 0.461 e. The molecule has 12 nitrogen and oxygen atoms in total. The Morgan fingerprint density at radius 1 is 0.679 bits per heavy atom. The van der Waals surface area contributed by atoms with E-state index < -0.39 is 49.6 Å². The lowest BCUT2D eigenvalue weighted by molar-refractivity contribution is -0.147. The number of ether oxygens (including phenoxy) is 2. The number of para-hydroxylation sites is 1. The normalized spacial score (nSPS) is 12.4. The first-order chi connectivity index (χ1) is 27.2. The van der Waals surface area contributed by atoms with Crippen LogP contribution in [0.2, 0.25) is 0 Å². The summed E-state index contributed by atoms with van der Waals surface area (Å²) in [5.74, 6) is -2.12. The molecule has 0 saturated heterocycles. The van der Waals surface area contributed by atoms with E-state index in [1.807, 2.05) is 103 Å². The minimum Gasteiger partial charge on any atom is -0.461 e. The summed E-state index contributed by atoms with van der Waals surface area (Å²) in [6.07, 6.45) is 1.43. The molecule has 2 N–H and O–H groups in total. The molecule has 2 amide bonds. The SMILES string of the molecule is CCOP(=O)(OCC)C(CCc1ccccc1)C(=O)NC(CC(=O)OCc1ccccc1)C(=O)NCCc1cn(C(=O)OCc2ccccc2)c2ccccc12. The Morgan fingerprint density at radius 3 is 1.84 bits per heavy atom. The Kier molecular flexibility index (Phi) is 15.6. The van der Waals surface area contributed by atoms with Gasteiger partial charge >= 0.3 is 19.7 Å². The topological polar surface area (TPSA) is 151 Å². The first-order valence-electron chi connectivity index (χ1n) is 18.7. The molecule has 0 radical (unpaired) electrons. The van der Waals surface area contributed by atoms with Gasteiger partial charge in [0.2, 0.25) is 11.8 Å². The summed E-state index contributed by atoms with van der Waals surface area (Å²) in [4.78, 5) is 54.2. The Balaban J connectivity index is 1.31. The van der Waals surface area contributed by atoms with E-state index in [2.05, 4.69) is 10.6 Å². The van der Waals surface area contributed by atoms with Crippen LogP contribution in [-0.4, -0.2) is 59.9 Å². The summed E-state index contributed by atoms with van der Waals surface area (Å²) in [6, 6.07) is 33.8. The van der Waals surface area contributed by atoms with Crippen LogP contribution in [-0.2, 0) is 63.5 Å². The van der Waals surface area contributed by atoms with Gasteiger partial charge in [-0.25, -0.2) is 4.79 Å². The van der Waals surface area contributed by atoms with Gasteiger partial charge in [-0.3, -0.25) is 23.5 Å². The molecule has 56 heavy (non-hydrogen) atoms. The summed E-state index contributed by atoms with van der Waals surface area (Å²) in [5.41, 5.74) is 2.67. The molecule has 1 aromatic heterocycles. The highest BCUT2D eigenvalue weighted by Crippen LogP contribution is 2.54. The fourth-order valence-corrected chi connectivity index (χ4v) is 8.19. The average molecular weight is 782 g/mol. The predicted molar refractivity (Wildman–Crippen MR) is 213 cm³/mol. The van der Waals surface area contributed by atoms with Gasteiger partial charge in [0.15, 0.2) is 0 Å². The van der Waals surface area contributed by atoms with Gasteiger partial charge in [0.1, 0.15) is 24.9 Å². The van der Waals surface area contributed by atoms with Crippen molar-refractivity contribution in [2.24, 2.45) is 0 Å². The first-order valence-corrected chi connectivity index (χ1v) is 20.3. The number of hydrogen-bond donors (Lipinski definition) is 2. The van der Waals surface area contributed by atoms with E-state index in [1.54, 1.807) is 32.2 Å². The van der Waals surface area contributed by atoms with Crippen molar-refractivity contribution in [3.8, 4) is 0 Å². The third-order valence-electron chi connectivity index (χ3n) is 8.99. The molecule has 0 aliphatic heterocycles. The molecule has 0 aliphatic rings. The summed E-state index contributed by atoms with van der Waals surface area (Å²) in [7, 11) is -4.01. The smallest absolute Gasteiger partial charge is 0.418 e. The van der Waals surface area contributed by atoms with E-state index in [-0.39, 0.29) is 39.4 Å². The van der Waals surface area contributed by atoms with E-state index in [0.717, 1.165) is 27.6 Å². The van der Waals surface area contributed by atoms with Gasteiger partial charge < -0.3 is 29.2 Å².